The molecule has 1 saturated heterocycles. The van der Waals surface area contributed by atoms with Crippen molar-refractivity contribution in [1.29, 1.82) is 0 Å². The lowest BCUT2D eigenvalue weighted by Crippen LogP contribution is -2.48. The number of ether oxygens (including phenoxy) is 1. The highest BCUT2D eigenvalue weighted by Crippen LogP contribution is 2.23. The largest absolute Gasteiger partial charge is 0.466 e. The molecule has 2 atom stereocenters. The van der Waals surface area contributed by atoms with Crippen molar-refractivity contribution in [2.24, 2.45) is 5.92 Å². The molecule has 0 unspecified atom stereocenters. The van der Waals surface area contributed by atoms with Crippen molar-refractivity contribution in [3.8, 4) is 0 Å². The fraction of sp³-hybridized carbons (Fsp3) is 0.579. The minimum atomic E-state index is -0.277. The highest BCUT2D eigenvalue weighted by atomic mass is 16.5. The summed E-state index contributed by atoms with van der Waals surface area (Å²) in [7, 11) is 0. The lowest BCUT2D eigenvalue weighted by atomic mass is 9.97. The lowest BCUT2D eigenvalue weighted by Gasteiger charge is -2.35. The first-order valence-electron chi connectivity index (χ1n) is 8.71. The number of hydrogen-bond donors (Lipinski definition) is 1. The molecule has 0 spiro atoms. The molecule has 1 aliphatic heterocycles. The van der Waals surface area contributed by atoms with Crippen LogP contribution in [0.2, 0.25) is 0 Å². The van der Waals surface area contributed by atoms with Crippen LogP contribution in [-0.4, -0.2) is 42.5 Å². The summed E-state index contributed by atoms with van der Waals surface area (Å²) in [6, 6.07) is 5.69. The number of nitrogens with zero attached hydrogens (tertiary/aromatic N) is 1. The first-order chi connectivity index (χ1) is 11.4. The Bertz CT molecular complexity index is 580. The number of carbonyl (C=O) groups excluding carboxylic acids is 2. The van der Waals surface area contributed by atoms with Gasteiger partial charge >= 0.3 is 5.97 Å². The number of piperidine rings is 1. The van der Waals surface area contributed by atoms with Gasteiger partial charge in [0, 0.05) is 12.2 Å². The molecule has 0 aromatic heterocycles. The second-order valence-corrected chi connectivity index (χ2v) is 6.52. The highest BCUT2D eigenvalue weighted by molar-refractivity contribution is 5.96. The summed E-state index contributed by atoms with van der Waals surface area (Å²) < 4.78 is 5.13. The van der Waals surface area contributed by atoms with Crippen LogP contribution in [0, 0.1) is 19.8 Å². The van der Waals surface area contributed by atoms with E-state index < -0.39 is 0 Å². The molecule has 0 saturated carbocycles. The number of para-hydroxylation sites is 1. The summed E-state index contributed by atoms with van der Waals surface area (Å²) in [6.45, 7) is 9.51. The smallest absolute Gasteiger partial charge is 0.310 e. The molecule has 0 bridgehead atoms. The van der Waals surface area contributed by atoms with Gasteiger partial charge in [0.15, 0.2) is 0 Å². The molecule has 0 radical (unpaired) electrons. The first kappa shape index (κ1) is 18.5. The minimum Gasteiger partial charge on any atom is -0.466 e. The second-order valence-electron chi connectivity index (χ2n) is 6.52. The molecule has 1 heterocycles. The van der Waals surface area contributed by atoms with E-state index in [0.717, 1.165) is 36.2 Å². The van der Waals surface area contributed by atoms with Gasteiger partial charge in [-0.3, -0.25) is 14.5 Å². The second kappa shape index (κ2) is 8.29. The van der Waals surface area contributed by atoms with Crippen molar-refractivity contribution in [2.45, 2.75) is 46.6 Å². The summed E-state index contributed by atoms with van der Waals surface area (Å²) in [5, 5.41) is 3.05. The number of anilines is 1. The van der Waals surface area contributed by atoms with E-state index in [-0.39, 0.29) is 23.8 Å². The minimum absolute atomic E-state index is 0.0306. The zero-order valence-corrected chi connectivity index (χ0v) is 15.1. The van der Waals surface area contributed by atoms with E-state index in [9.17, 15) is 9.59 Å². The number of nitrogens with one attached hydrogen (secondary N) is 1. The van der Waals surface area contributed by atoms with Crippen molar-refractivity contribution in [2.75, 3.05) is 25.0 Å². The summed E-state index contributed by atoms with van der Waals surface area (Å²) in [5.74, 6) is -0.310. The summed E-state index contributed by atoms with van der Waals surface area (Å²) in [4.78, 5) is 26.7. The van der Waals surface area contributed by atoms with Gasteiger partial charge in [-0.1, -0.05) is 18.2 Å². The lowest BCUT2D eigenvalue weighted by molar-refractivity contribution is -0.150. The van der Waals surface area contributed by atoms with Crippen molar-refractivity contribution < 1.29 is 14.3 Å². The maximum absolute atomic E-state index is 12.6. The highest BCUT2D eigenvalue weighted by Gasteiger charge is 2.31. The van der Waals surface area contributed by atoms with Crippen molar-refractivity contribution in [3.05, 3.63) is 29.3 Å². The summed E-state index contributed by atoms with van der Waals surface area (Å²) in [6.07, 6.45) is 1.74. The predicted molar refractivity (Wildman–Crippen MR) is 94.9 cm³/mol. The molecule has 24 heavy (non-hydrogen) atoms. The van der Waals surface area contributed by atoms with Crippen LogP contribution in [-0.2, 0) is 14.3 Å². The number of aryl methyl sites for hydroxylation is 2. The van der Waals surface area contributed by atoms with Gasteiger partial charge in [-0.05, 0) is 58.2 Å². The van der Waals surface area contributed by atoms with Crippen LogP contribution in [0.25, 0.3) is 0 Å². The Labute approximate surface area is 144 Å². The molecule has 1 aliphatic rings. The number of amides is 1. The quantitative estimate of drug-likeness (QED) is 0.842. The fourth-order valence-corrected chi connectivity index (χ4v) is 3.22. The first-order valence-corrected chi connectivity index (χ1v) is 8.71. The van der Waals surface area contributed by atoms with Gasteiger partial charge in [-0.2, -0.15) is 0 Å². The van der Waals surface area contributed by atoms with Gasteiger partial charge in [0.2, 0.25) is 5.91 Å². The summed E-state index contributed by atoms with van der Waals surface area (Å²) in [5.41, 5.74) is 2.99. The fourth-order valence-electron chi connectivity index (χ4n) is 3.22. The van der Waals surface area contributed by atoms with Crippen molar-refractivity contribution in [3.63, 3.8) is 0 Å². The van der Waals surface area contributed by atoms with Crippen molar-refractivity contribution >= 4 is 17.6 Å². The van der Waals surface area contributed by atoms with Crippen LogP contribution in [0.5, 0.6) is 0 Å². The molecular formula is C19H28N2O3. The average molecular weight is 332 g/mol. The van der Waals surface area contributed by atoms with Gasteiger partial charge < -0.3 is 10.1 Å². The van der Waals surface area contributed by atoms with E-state index >= 15 is 0 Å². The molecule has 1 N–H and O–H groups in total. The Balaban J connectivity index is 2.01. The van der Waals surface area contributed by atoms with Crippen LogP contribution in [0.1, 0.15) is 37.8 Å². The topological polar surface area (TPSA) is 58.6 Å². The van der Waals surface area contributed by atoms with Crippen molar-refractivity contribution in [1.82, 2.24) is 4.90 Å². The van der Waals surface area contributed by atoms with Crippen LogP contribution < -0.4 is 5.32 Å². The van der Waals surface area contributed by atoms with E-state index in [1.54, 1.807) is 0 Å². The molecule has 2 rings (SSSR count). The zero-order chi connectivity index (χ0) is 17.7. The van der Waals surface area contributed by atoms with Gasteiger partial charge in [-0.25, -0.2) is 0 Å². The number of rotatable bonds is 5. The molecular weight excluding hydrogens is 304 g/mol. The normalized spacial score (nSPS) is 19.6. The average Bonchev–Trinajstić information content (AvgIpc) is 2.57. The maximum atomic E-state index is 12.6. The van der Waals surface area contributed by atoms with Gasteiger partial charge in [0.05, 0.1) is 18.6 Å². The van der Waals surface area contributed by atoms with Crippen LogP contribution in [0.15, 0.2) is 18.2 Å². The van der Waals surface area contributed by atoms with E-state index in [2.05, 4.69) is 10.2 Å². The molecule has 1 aromatic rings. The molecule has 5 nitrogen and oxygen atoms in total. The standard InChI is InChI=1S/C19H28N2O3/c1-5-24-19(23)16-10-7-11-21(12-16)15(4)18(22)20-17-13(2)8-6-9-14(17)3/h6,8-9,15-16H,5,7,10-12H2,1-4H3,(H,20,22)/t15-,16+/m0/s1. The number of hydrogen-bond acceptors (Lipinski definition) is 4. The van der Waals surface area contributed by atoms with E-state index in [1.165, 1.54) is 0 Å². The van der Waals surface area contributed by atoms with E-state index in [1.807, 2.05) is 45.9 Å². The SMILES string of the molecule is CCOC(=O)[C@@H]1CCCN([C@@H](C)C(=O)Nc2c(C)cccc2C)C1. The third-order valence-corrected chi connectivity index (χ3v) is 4.73. The van der Waals surface area contributed by atoms with Crippen LogP contribution >= 0.6 is 0 Å². The molecule has 1 amide bonds. The monoisotopic (exact) mass is 332 g/mol. The Morgan fingerprint density at radius 3 is 2.62 bits per heavy atom. The third-order valence-electron chi connectivity index (χ3n) is 4.73. The van der Waals surface area contributed by atoms with Gasteiger partial charge in [0.1, 0.15) is 0 Å². The number of carbonyl (C=O) groups is 2. The number of esters is 1. The van der Waals surface area contributed by atoms with Crippen LogP contribution in [0.3, 0.4) is 0 Å². The Hall–Kier alpha value is -1.88. The van der Waals surface area contributed by atoms with Gasteiger partial charge in [-0.15, -0.1) is 0 Å². The van der Waals surface area contributed by atoms with Crippen LogP contribution in [0.4, 0.5) is 5.69 Å². The number of benzene rings is 1. The Morgan fingerprint density at radius 2 is 2.00 bits per heavy atom. The van der Waals surface area contributed by atoms with E-state index in [4.69, 9.17) is 4.74 Å². The molecule has 132 valence electrons. The Kier molecular flexibility index (Phi) is 6.37. The third kappa shape index (κ3) is 4.35. The number of likely N-dealkylation sites (tertiary alicyclic amines) is 1. The zero-order valence-electron chi connectivity index (χ0n) is 15.1. The molecule has 1 fully saturated rings. The maximum Gasteiger partial charge on any atom is 0.310 e. The molecule has 1 aromatic carbocycles. The summed E-state index contributed by atoms with van der Waals surface area (Å²) >= 11 is 0. The Morgan fingerprint density at radius 1 is 1.33 bits per heavy atom. The molecule has 5 heteroatoms. The molecule has 0 aliphatic carbocycles. The van der Waals surface area contributed by atoms with Gasteiger partial charge in [0.25, 0.3) is 0 Å². The predicted octanol–water partition coefficient (Wildman–Crippen LogP) is 2.91. The van der Waals surface area contributed by atoms with E-state index in [0.29, 0.717) is 13.2 Å².